The second-order valence-corrected chi connectivity index (χ2v) is 18.6. The van der Waals surface area contributed by atoms with E-state index < -0.39 is 10.1 Å². The second kappa shape index (κ2) is 16.7. The number of aromatic nitrogens is 4. The Bertz CT molecular complexity index is 2610. The minimum atomic E-state index is -4.43. The highest BCUT2D eigenvalue weighted by Gasteiger charge is 2.30. The van der Waals surface area contributed by atoms with E-state index in [1.165, 1.54) is 6.07 Å². The lowest BCUT2D eigenvalue weighted by Crippen LogP contribution is -2.00. The Morgan fingerprint density at radius 1 is 0.714 bits per heavy atom. The van der Waals surface area contributed by atoms with Crippen LogP contribution in [0.4, 0.5) is 0 Å². The second-order valence-electron chi connectivity index (χ2n) is 13.3. The molecule has 0 unspecified atom stereocenters. The largest absolute Gasteiger partial charge is 0.492 e. The van der Waals surface area contributed by atoms with Crippen LogP contribution >= 0.6 is 69.1 Å². The first-order valence-corrected chi connectivity index (χ1v) is 22.6. The molecule has 1 N–H and O–H groups in total. The van der Waals surface area contributed by atoms with Gasteiger partial charge in [-0.2, -0.15) is 18.6 Å². The number of thiophene rings is 2. The van der Waals surface area contributed by atoms with Crippen molar-refractivity contribution < 1.29 is 22.4 Å². The predicted octanol–water partition coefficient (Wildman–Crippen LogP) is 12.3. The van der Waals surface area contributed by atoms with Crippen molar-refractivity contribution in [2.24, 2.45) is 0 Å². The van der Waals surface area contributed by atoms with Crippen molar-refractivity contribution >= 4 is 91.3 Å². The Morgan fingerprint density at radius 3 is 1.79 bits per heavy atom. The summed E-state index contributed by atoms with van der Waals surface area (Å²) in [6.07, 6.45) is 15.8. The topological polar surface area (TPSA) is 108 Å². The molecule has 0 radical (unpaired) electrons. The summed E-state index contributed by atoms with van der Waals surface area (Å²) in [6.45, 7) is 0.900. The molecule has 0 aliphatic carbocycles. The van der Waals surface area contributed by atoms with E-state index in [2.05, 4.69) is 18.2 Å². The van der Waals surface area contributed by atoms with E-state index in [9.17, 15) is 13.0 Å². The van der Waals surface area contributed by atoms with Gasteiger partial charge in [-0.25, -0.2) is 9.36 Å². The zero-order valence-corrected chi connectivity index (χ0v) is 35.2. The van der Waals surface area contributed by atoms with Crippen molar-refractivity contribution in [3.63, 3.8) is 0 Å². The minimum absolute atomic E-state index is 0.199. The average Bonchev–Trinajstić information content (AvgIpc) is 3.90. The maximum Gasteiger partial charge on any atom is 0.304 e. The van der Waals surface area contributed by atoms with E-state index >= 15 is 0 Å². The summed E-state index contributed by atoms with van der Waals surface area (Å²) in [4.78, 5) is 1.59. The third kappa shape index (κ3) is 8.08. The summed E-state index contributed by atoms with van der Waals surface area (Å²) in [6, 6.07) is 14.0. The summed E-state index contributed by atoms with van der Waals surface area (Å²) in [5.74, 6) is 1.23. The highest BCUT2D eigenvalue weighted by Crippen LogP contribution is 2.46. The smallest absolute Gasteiger partial charge is 0.304 e. The Hall–Kier alpha value is -3.59. The number of allylic oxidation sites excluding steroid dienone is 2. The number of fused-ring (bicyclic) bond motifs is 6. The number of ether oxygens (including phenoxy) is 2. The molecule has 4 aromatic heterocycles. The first-order chi connectivity index (χ1) is 27.1. The first-order valence-electron chi connectivity index (χ1n) is 18.0. The van der Waals surface area contributed by atoms with Gasteiger partial charge in [0.25, 0.3) is 0 Å². The van der Waals surface area contributed by atoms with Crippen LogP contribution in [0.2, 0.25) is 20.1 Å². The lowest BCUT2D eigenvalue weighted by atomic mass is 10.1. The number of rotatable bonds is 12. The Kier molecular flexibility index (Phi) is 11.7. The molecule has 6 aromatic rings. The molecule has 8 rings (SSSR count). The lowest BCUT2D eigenvalue weighted by molar-refractivity contribution is 0.326. The predicted molar refractivity (Wildman–Crippen MR) is 228 cm³/mol. The molecule has 56 heavy (non-hydrogen) atoms. The van der Waals surface area contributed by atoms with Crippen molar-refractivity contribution in [2.45, 2.75) is 55.6 Å². The van der Waals surface area contributed by atoms with Gasteiger partial charge in [-0.15, -0.1) is 22.7 Å². The van der Waals surface area contributed by atoms with Gasteiger partial charge in [0.1, 0.15) is 11.5 Å². The number of hydrogen-bond donors (Lipinski definition) is 1. The summed E-state index contributed by atoms with van der Waals surface area (Å²) in [7, 11) is -4.43. The number of nitrogens with zero attached hydrogens (tertiary/aromatic N) is 4. The number of unbranched alkanes of at least 4 members (excludes halogenated alkanes) is 5. The summed E-state index contributed by atoms with van der Waals surface area (Å²) < 4.78 is 49.3. The molecule has 0 fully saturated rings. The van der Waals surface area contributed by atoms with Gasteiger partial charge in [0.05, 0.1) is 67.2 Å². The summed E-state index contributed by atoms with van der Waals surface area (Å²) in [5, 5.41) is 14.0. The normalized spacial score (nSPS) is 13.9. The lowest BCUT2D eigenvalue weighted by Gasteiger charge is -2.09. The Labute approximate surface area is 352 Å². The van der Waals surface area contributed by atoms with Crippen LogP contribution in [-0.4, -0.2) is 45.7 Å². The SMILES string of the molecule is O=S(=O)(O)c1cc2c(s1)-c1c(c(/C=C/CCCCCC/C=C/c3nn(-c4ccc(Cl)cc4Cl)c4c3CCOc3ccsc3-4)nn1-c1ccc(Cl)cc1Cl)CCO2. The van der Waals surface area contributed by atoms with E-state index in [0.717, 1.165) is 101 Å². The number of halogens is 4. The molecule has 2 aliphatic rings. The fourth-order valence-corrected chi connectivity index (χ4v) is 10.6. The van der Waals surface area contributed by atoms with Crippen LogP contribution in [0.5, 0.6) is 11.5 Å². The highest BCUT2D eigenvalue weighted by atomic mass is 35.5. The first kappa shape index (κ1) is 39.2. The molecule has 2 aliphatic heterocycles. The Balaban J connectivity index is 0.922. The molecular formula is C40H34Cl4N4O5S3. The van der Waals surface area contributed by atoms with Gasteiger partial charge in [0.15, 0.2) is 4.21 Å². The molecule has 0 saturated carbocycles. The summed E-state index contributed by atoms with van der Waals surface area (Å²) >= 11 is 28.3. The molecule has 0 atom stereocenters. The summed E-state index contributed by atoms with van der Waals surface area (Å²) in [5.41, 5.74) is 6.77. The van der Waals surface area contributed by atoms with E-state index in [-0.39, 0.29) is 4.21 Å². The van der Waals surface area contributed by atoms with Crippen molar-refractivity contribution in [1.82, 2.24) is 19.6 Å². The fraction of sp³-hybridized carbons (Fsp3) is 0.250. The highest BCUT2D eigenvalue weighted by molar-refractivity contribution is 7.88. The molecule has 9 nitrogen and oxygen atoms in total. The Morgan fingerprint density at radius 2 is 1.25 bits per heavy atom. The third-order valence-electron chi connectivity index (χ3n) is 9.56. The van der Waals surface area contributed by atoms with Gasteiger partial charge in [-0.1, -0.05) is 71.4 Å². The third-order valence-corrected chi connectivity index (χ3v) is 14.0. The van der Waals surface area contributed by atoms with Crippen LogP contribution in [0.15, 0.2) is 70.3 Å². The quantitative estimate of drug-likeness (QED) is 0.0963. The fourth-order valence-electron chi connectivity index (χ4n) is 6.95. The van der Waals surface area contributed by atoms with Gasteiger partial charge in [0.2, 0.25) is 0 Å². The van der Waals surface area contributed by atoms with Crippen molar-refractivity contribution in [1.29, 1.82) is 0 Å². The van der Waals surface area contributed by atoms with Crippen LogP contribution in [0.1, 0.15) is 61.0 Å². The molecule has 16 heteroatoms. The van der Waals surface area contributed by atoms with Crippen LogP contribution < -0.4 is 9.47 Å². The van der Waals surface area contributed by atoms with E-state index in [1.807, 2.05) is 34.3 Å². The molecule has 0 saturated heterocycles. The van der Waals surface area contributed by atoms with Gasteiger partial charge >= 0.3 is 10.1 Å². The van der Waals surface area contributed by atoms with E-state index in [4.69, 9.17) is 66.1 Å². The van der Waals surface area contributed by atoms with Crippen molar-refractivity contribution in [3.05, 3.63) is 109 Å². The van der Waals surface area contributed by atoms with Gasteiger partial charge in [0, 0.05) is 40.1 Å². The average molecular weight is 889 g/mol. The zero-order valence-electron chi connectivity index (χ0n) is 29.7. The van der Waals surface area contributed by atoms with Crippen LogP contribution in [-0.2, 0) is 23.0 Å². The van der Waals surface area contributed by atoms with E-state index in [1.54, 1.807) is 40.3 Å². The van der Waals surface area contributed by atoms with E-state index in [0.29, 0.717) is 61.7 Å². The van der Waals surface area contributed by atoms with Crippen molar-refractivity contribution in [2.75, 3.05) is 13.2 Å². The minimum Gasteiger partial charge on any atom is -0.492 e. The van der Waals surface area contributed by atoms with Gasteiger partial charge in [-0.3, -0.25) is 4.55 Å². The number of benzene rings is 2. The maximum atomic E-state index is 12.0. The van der Waals surface area contributed by atoms with Crippen LogP contribution in [0, 0.1) is 0 Å². The molecule has 0 bridgehead atoms. The molecule has 0 amide bonds. The number of hydrogen-bond acceptors (Lipinski definition) is 8. The zero-order chi connectivity index (χ0) is 39.0. The van der Waals surface area contributed by atoms with Gasteiger partial charge < -0.3 is 9.47 Å². The van der Waals surface area contributed by atoms with Gasteiger partial charge in [-0.05, 0) is 85.7 Å². The molecule has 0 spiro atoms. The maximum absolute atomic E-state index is 12.0. The standard InChI is InChI=1S/C40H34Cl4N4O5S3/c41-24-11-13-32(28(43)21-24)47-37-26(15-18-52-34-17-20-54-39(34)37)30(45-47)9-7-5-3-1-2-4-6-8-10-31-27-16-19-53-35-23-36(56(49,50)51)55-40(35)38(27)48(46-31)33-14-12-25(42)22-29(33)44/h7-14,17,20-23H,1-6,15-16,18-19H2,(H,49,50,51)/b9-7+,10-8+. The molecule has 290 valence electrons. The molecule has 2 aromatic carbocycles. The monoisotopic (exact) mass is 886 g/mol. The van der Waals surface area contributed by atoms with Crippen molar-refractivity contribution in [3.8, 4) is 44.0 Å². The molecular weight excluding hydrogens is 854 g/mol. The van der Waals surface area contributed by atoms with Crippen LogP contribution in [0.25, 0.3) is 44.7 Å². The van der Waals surface area contributed by atoms with Crippen LogP contribution in [0.3, 0.4) is 0 Å². The molecule has 6 heterocycles.